The van der Waals surface area contributed by atoms with Gasteiger partial charge >= 0.3 is 5.97 Å². The molecule has 6 nitrogen and oxygen atoms in total. The zero-order valence-electron chi connectivity index (χ0n) is 11.3. The monoisotopic (exact) mass is 305 g/mol. The minimum absolute atomic E-state index is 0.0530. The number of rotatable bonds is 4. The van der Waals surface area contributed by atoms with Crippen LogP contribution in [0.1, 0.15) is 10.5 Å². The number of nitrogens with one attached hydrogen (secondary N) is 1. The summed E-state index contributed by atoms with van der Waals surface area (Å²) < 4.78 is 5.34. The lowest BCUT2D eigenvalue weighted by Crippen LogP contribution is -2.36. The summed E-state index contributed by atoms with van der Waals surface area (Å²) in [6, 6.07) is 7.93. The van der Waals surface area contributed by atoms with Crippen molar-refractivity contribution >= 4 is 33.7 Å². The van der Waals surface area contributed by atoms with Crippen LogP contribution in [0.15, 0.2) is 29.8 Å². The van der Waals surface area contributed by atoms with E-state index in [-0.39, 0.29) is 5.69 Å². The Morgan fingerprint density at radius 2 is 2.00 bits per heavy atom. The van der Waals surface area contributed by atoms with Gasteiger partial charge in [0.05, 0.1) is 18.7 Å². The summed E-state index contributed by atoms with van der Waals surface area (Å²) in [5.41, 5.74) is 3.57. The molecule has 1 saturated heterocycles. The van der Waals surface area contributed by atoms with Crippen LogP contribution in [-0.4, -0.2) is 42.4 Å². The first-order chi connectivity index (χ1) is 10.2. The number of thiazole rings is 1. The van der Waals surface area contributed by atoms with Crippen LogP contribution in [0.25, 0.3) is 0 Å². The van der Waals surface area contributed by atoms with Gasteiger partial charge in [-0.15, -0.1) is 11.3 Å². The van der Waals surface area contributed by atoms with E-state index in [4.69, 9.17) is 9.84 Å². The van der Waals surface area contributed by atoms with Crippen LogP contribution in [0.4, 0.5) is 16.4 Å². The van der Waals surface area contributed by atoms with E-state index in [1.54, 1.807) is 0 Å². The first-order valence-corrected chi connectivity index (χ1v) is 7.48. The summed E-state index contributed by atoms with van der Waals surface area (Å²) in [5, 5.41) is 12.7. The van der Waals surface area contributed by atoms with Crippen LogP contribution in [-0.2, 0) is 4.74 Å². The zero-order chi connectivity index (χ0) is 14.7. The molecule has 0 amide bonds. The molecule has 0 saturated carbocycles. The molecular formula is C14H15N3O3S. The molecule has 1 aliphatic heterocycles. The topological polar surface area (TPSA) is 74.7 Å². The first kappa shape index (κ1) is 13.8. The van der Waals surface area contributed by atoms with E-state index < -0.39 is 5.97 Å². The van der Waals surface area contributed by atoms with Crippen LogP contribution >= 0.6 is 11.3 Å². The molecule has 2 N–H and O–H groups in total. The third-order valence-corrected chi connectivity index (χ3v) is 4.01. The van der Waals surface area contributed by atoms with Crippen molar-refractivity contribution in [2.45, 2.75) is 0 Å². The lowest BCUT2D eigenvalue weighted by Gasteiger charge is -2.28. The average molecular weight is 305 g/mol. The Kier molecular flexibility index (Phi) is 4.03. The fourth-order valence-electron chi connectivity index (χ4n) is 2.20. The maximum Gasteiger partial charge on any atom is 0.357 e. The normalized spacial score (nSPS) is 15.0. The van der Waals surface area contributed by atoms with E-state index in [0.717, 1.165) is 37.7 Å². The molecule has 1 fully saturated rings. The van der Waals surface area contributed by atoms with Crippen LogP contribution in [0.3, 0.4) is 0 Å². The summed E-state index contributed by atoms with van der Waals surface area (Å²) in [7, 11) is 0. The van der Waals surface area contributed by atoms with Gasteiger partial charge in [0.1, 0.15) is 5.00 Å². The number of benzene rings is 1. The Morgan fingerprint density at radius 3 is 2.67 bits per heavy atom. The minimum Gasteiger partial charge on any atom is -0.476 e. The van der Waals surface area contributed by atoms with Gasteiger partial charge in [0, 0.05) is 24.5 Å². The molecule has 7 heteroatoms. The molecule has 2 heterocycles. The lowest BCUT2D eigenvalue weighted by molar-refractivity contribution is 0.0692. The number of hydrogen-bond acceptors (Lipinski definition) is 6. The van der Waals surface area contributed by atoms with E-state index in [1.807, 2.05) is 24.3 Å². The third kappa shape index (κ3) is 3.14. The quantitative estimate of drug-likeness (QED) is 0.903. The van der Waals surface area contributed by atoms with Crippen molar-refractivity contribution in [2.75, 3.05) is 36.5 Å². The number of ether oxygens (including phenoxy) is 1. The SMILES string of the molecule is O=C(O)c1ncsc1Nc1ccc(N2CCOCC2)cc1. The average Bonchev–Trinajstić information content (AvgIpc) is 2.97. The van der Waals surface area contributed by atoms with Gasteiger partial charge in [-0.1, -0.05) is 0 Å². The molecule has 0 spiro atoms. The Morgan fingerprint density at radius 1 is 1.29 bits per heavy atom. The number of carboxylic acid groups (broad SMARTS) is 1. The van der Waals surface area contributed by atoms with Crippen LogP contribution in [0.2, 0.25) is 0 Å². The van der Waals surface area contributed by atoms with Gasteiger partial charge in [-0.25, -0.2) is 9.78 Å². The Balaban J connectivity index is 1.72. The highest BCUT2D eigenvalue weighted by atomic mass is 32.1. The minimum atomic E-state index is -1.02. The Bertz CT molecular complexity index is 621. The second-order valence-electron chi connectivity index (χ2n) is 4.61. The van der Waals surface area contributed by atoms with E-state index in [2.05, 4.69) is 15.2 Å². The second-order valence-corrected chi connectivity index (χ2v) is 5.46. The van der Waals surface area contributed by atoms with Gasteiger partial charge < -0.3 is 20.1 Å². The van der Waals surface area contributed by atoms with E-state index in [9.17, 15) is 4.79 Å². The number of aromatic nitrogens is 1. The van der Waals surface area contributed by atoms with Crippen molar-refractivity contribution in [1.82, 2.24) is 4.98 Å². The standard InChI is InChI=1S/C14H15N3O3S/c18-14(19)12-13(21-9-15-12)16-10-1-3-11(4-2-10)17-5-7-20-8-6-17/h1-4,9,16H,5-8H2,(H,18,19). The summed E-state index contributed by atoms with van der Waals surface area (Å²) in [6.07, 6.45) is 0. The number of morpholine rings is 1. The number of aromatic carboxylic acids is 1. The summed E-state index contributed by atoms with van der Waals surface area (Å²) in [5.74, 6) is -1.02. The molecule has 21 heavy (non-hydrogen) atoms. The molecule has 1 aromatic carbocycles. The van der Waals surface area contributed by atoms with E-state index in [1.165, 1.54) is 16.8 Å². The molecule has 1 aromatic heterocycles. The number of nitrogens with zero attached hydrogens (tertiary/aromatic N) is 2. The van der Waals surface area contributed by atoms with Crippen molar-refractivity contribution in [3.63, 3.8) is 0 Å². The van der Waals surface area contributed by atoms with Crippen LogP contribution in [0, 0.1) is 0 Å². The third-order valence-electron chi connectivity index (χ3n) is 3.27. The first-order valence-electron chi connectivity index (χ1n) is 6.60. The summed E-state index contributed by atoms with van der Waals surface area (Å²) in [6.45, 7) is 3.29. The van der Waals surface area contributed by atoms with Crippen LogP contribution in [0.5, 0.6) is 0 Å². The number of hydrogen-bond donors (Lipinski definition) is 2. The molecule has 0 unspecified atom stereocenters. The van der Waals surface area contributed by atoms with Gasteiger partial charge in [0.2, 0.25) is 0 Å². The van der Waals surface area contributed by atoms with Crippen molar-refractivity contribution in [3.8, 4) is 0 Å². The Labute approximate surface area is 126 Å². The predicted octanol–water partition coefficient (Wildman–Crippen LogP) is 2.42. The van der Waals surface area contributed by atoms with Gasteiger partial charge in [-0.3, -0.25) is 0 Å². The van der Waals surface area contributed by atoms with Crippen molar-refractivity contribution in [3.05, 3.63) is 35.5 Å². The molecule has 0 bridgehead atoms. The fourth-order valence-corrected chi connectivity index (χ4v) is 2.89. The maximum atomic E-state index is 11.0. The van der Waals surface area contributed by atoms with Crippen molar-refractivity contribution < 1.29 is 14.6 Å². The maximum absolute atomic E-state index is 11.0. The molecule has 0 aliphatic carbocycles. The smallest absolute Gasteiger partial charge is 0.357 e. The summed E-state index contributed by atoms with van der Waals surface area (Å²) >= 11 is 1.27. The van der Waals surface area contributed by atoms with Gasteiger partial charge in [0.15, 0.2) is 5.69 Å². The van der Waals surface area contributed by atoms with Crippen LogP contribution < -0.4 is 10.2 Å². The predicted molar refractivity (Wildman–Crippen MR) is 81.8 cm³/mol. The van der Waals surface area contributed by atoms with Gasteiger partial charge in [0.25, 0.3) is 0 Å². The number of anilines is 3. The molecule has 110 valence electrons. The molecule has 1 aliphatic rings. The van der Waals surface area contributed by atoms with Gasteiger partial charge in [-0.05, 0) is 24.3 Å². The number of carboxylic acids is 1. The van der Waals surface area contributed by atoms with E-state index in [0.29, 0.717) is 5.00 Å². The largest absolute Gasteiger partial charge is 0.476 e. The highest BCUT2D eigenvalue weighted by molar-refractivity contribution is 7.14. The molecular weight excluding hydrogens is 290 g/mol. The molecule has 2 aromatic rings. The van der Waals surface area contributed by atoms with Gasteiger partial charge in [-0.2, -0.15) is 0 Å². The Hall–Kier alpha value is -2.12. The van der Waals surface area contributed by atoms with E-state index >= 15 is 0 Å². The highest BCUT2D eigenvalue weighted by Crippen LogP contribution is 2.26. The zero-order valence-corrected chi connectivity index (χ0v) is 12.1. The fraction of sp³-hybridized carbons (Fsp3) is 0.286. The number of carbonyl (C=O) groups is 1. The molecule has 0 atom stereocenters. The highest BCUT2D eigenvalue weighted by Gasteiger charge is 2.14. The second kappa shape index (κ2) is 6.11. The molecule has 0 radical (unpaired) electrons. The molecule has 3 rings (SSSR count). The van der Waals surface area contributed by atoms with Crippen molar-refractivity contribution in [2.24, 2.45) is 0 Å². The summed E-state index contributed by atoms with van der Waals surface area (Å²) in [4.78, 5) is 17.1. The van der Waals surface area contributed by atoms with Crippen molar-refractivity contribution in [1.29, 1.82) is 0 Å². The lowest BCUT2D eigenvalue weighted by atomic mass is 10.2.